The molecule has 2 saturated heterocycles. The van der Waals surface area contributed by atoms with Crippen molar-refractivity contribution >= 4 is 36.8 Å². The molecule has 0 radical (unpaired) electrons. The van der Waals surface area contributed by atoms with Gasteiger partial charge in [0.25, 0.3) is 0 Å². The molecule has 1 saturated carbocycles. The average Bonchev–Trinajstić information content (AvgIpc) is 3.58. The first-order valence-corrected chi connectivity index (χ1v) is 17.5. The highest BCUT2D eigenvalue weighted by molar-refractivity contribution is 7.43. The van der Waals surface area contributed by atoms with Crippen LogP contribution in [0.25, 0.3) is 0 Å². The Balaban J connectivity index is 0.00000196. The Morgan fingerprint density at radius 1 is 1.22 bits per heavy atom. The summed E-state index contributed by atoms with van der Waals surface area (Å²) in [5.74, 6) is 0.962. The van der Waals surface area contributed by atoms with E-state index in [0.29, 0.717) is 41.8 Å². The van der Waals surface area contributed by atoms with Gasteiger partial charge in [-0.2, -0.15) is 10.2 Å². The second kappa shape index (κ2) is 14.2. The fraction of sp³-hybridized carbons (Fsp3) is 0.588. The number of nitriles is 1. The first-order chi connectivity index (χ1) is 21.7. The number of aromatic nitrogens is 2. The third-order valence-corrected chi connectivity index (χ3v) is 11.8. The van der Waals surface area contributed by atoms with Gasteiger partial charge in [0.1, 0.15) is 18.5 Å². The molecule has 4 aliphatic rings. The number of thiophene rings is 1. The van der Waals surface area contributed by atoms with Crippen molar-refractivity contribution in [3.63, 3.8) is 0 Å². The van der Waals surface area contributed by atoms with Crippen molar-refractivity contribution in [2.75, 3.05) is 51.8 Å². The van der Waals surface area contributed by atoms with E-state index in [9.17, 15) is 10.1 Å². The third kappa shape index (κ3) is 6.76. The topological polar surface area (TPSA) is 112 Å². The second-order valence-corrected chi connectivity index (χ2v) is 14.9. The van der Waals surface area contributed by atoms with Crippen molar-refractivity contribution in [2.45, 2.75) is 82.2 Å². The summed E-state index contributed by atoms with van der Waals surface area (Å²) in [6.45, 7) is 6.33. The molecule has 2 aromatic rings. The number of anilines is 1. The van der Waals surface area contributed by atoms with E-state index in [0.717, 1.165) is 80.7 Å². The van der Waals surface area contributed by atoms with Crippen LogP contribution < -0.4 is 20.0 Å². The minimum Gasteiger partial charge on any atom is -0.476 e. The molecule has 45 heavy (non-hydrogen) atoms. The smallest absolute Gasteiger partial charge is 0.228 e. The number of fused-ring (bicyclic) bond motifs is 1. The van der Waals surface area contributed by atoms with Gasteiger partial charge in [-0.25, -0.2) is 4.98 Å². The lowest BCUT2D eigenvalue weighted by molar-refractivity contribution is 0.101. The first kappa shape index (κ1) is 33.4. The number of likely N-dealkylation sites (N-methyl/N-ethyl adjacent to an activating group) is 2. The molecule has 6 rings (SSSR count). The zero-order valence-corrected chi connectivity index (χ0v) is 28.8. The van der Waals surface area contributed by atoms with Crippen LogP contribution in [0.4, 0.5) is 5.82 Å². The van der Waals surface area contributed by atoms with Crippen molar-refractivity contribution in [1.82, 2.24) is 19.8 Å². The van der Waals surface area contributed by atoms with E-state index in [1.165, 1.54) is 17.7 Å². The maximum Gasteiger partial charge on any atom is 0.228 e. The van der Waals surface area contributed by atoms with Gasteiger partial charge < -0.3 is 20.3 Å². The van der Waals surface area contributed by atoms with Gasteiger partial charge in [-0.3, -0.25) is 9.69 Å². The number of piperazine rings is 1. The summed E-state index contributed by atoms with van der Waals surface area (Å²) >= 11 is 1.66. The minimum absolute atomic E-state index is 0.149. The van der Waals surface area contributed by atoms with Crippen molar-refractivity contribution in [3.05, 3.63) is 39.2 Å². The van der Waals surface area contributed by atoms with Crippen LogP contribution in [0.3, 0.4) is 0 Å². The minimum atomic E-state index is -0.230. The number of hydrogen-bond acceptors (Lipinski definition) is 10. The number of Topliss-reactive ketones (excluding diaryl/α,β-unsaturated/α-hetero) is 1. The van der Waals surface area contributed by atoms with Crippen LogP contribution in [0.1, 0.15) is 90.8 Å². The third-order valence-electron chi connectivity index (χ3n) is 10.0. The number of nitrogens with zero attached hydrogens (tertiary/aromatic N) is 6. The zero-order chi connectivity index (χ0) is 32.3. The molecule has 2 aliphatic carbocycles. The fourth-order valence-electron chi connectivity index (χ4n) is 7.15. The molecule has 0 aromatic carbocycles. The average molecular weight is 648 g/mol. The molecular weight excluding hydrogens is 601 g/mol. The van der Waals surface area contributed by atoms with Gasteiger partial charge in [0, 0.05) is 64.0 Å². The first-order valence-electron chi connectivity index (χ1n) is 16.1. The number of rotatable bonds is 9. The summed E-state index contributed by atoms with van der Waals surface area (Å²) in [6.07, 6.45) is 16.7. The molecule has 0 amide bonds. The number of aryl methyl sites for hydroxylation is 1. The lowest BCUT2D eigenvalue weighted by atomic mass is 9.81. The van der Waals surface area contributed by atoms with Crippen LogP contribution in [0.5, 0.6) is 5.88 Å². The molecule has 3 atom stereocenters. The second-order valence-electron chi connectivity index (χ2n) is 12.8. The van der Waals surface area contributed by atoms with E-state index in [1.54, 1.807) is 11.3 Å². The summed E-state index contributed by atoms with van der Waals surface area (Å²) in [5.41, 5.74) is 9.97. The number of terminal acetylenes is 1. The summed E-state index contributed by atoms with van der Waals surface area (Å²) in [6, 6.07) is 4.65. The normalized spacial score (nSPS) is 23.0. The lowest BCUT2D eigenvalue weighted by Gasteiger charge is -2.40. The molecule has 0 bridgehead atoms. The number of nitrogens with two attached hydrogens (primary N) is 1. The number of carbonyl (C=O) groups excluding carboxylic acids is 1. The van der Waals surface area contributed by atoms with Gasteiger partial charge in [-0.15, -0.1) is 24.2 Å². The van der Waals surface area contributed by atoms with Crippen LogP contribution in [0.15, 0.2) is 17.3 Å². The molecule has 2 aromatic heterocycles. The number of ketones is 1. The van der Waals surface area contributed by atoms with E-state index in [-0.39, 0.29) is 23.1 Å². The zero-order valence-electron chi connectivity index (χ0n) is 26.8. The van der Waals surface area contributed by atoms with Crippen molar-refractivity contribution < 1.29 is 9.53 Å². The Morgan fingerprint density at radius 3 is 2.67 bits per heavy atom. The Morgan fingerprint density at radius 2 is 2.00 bits per heavy atom. The molecule has 2 N–H and O–H groups in total. The summed E-state index contributed by atoms with van der Waals surface area (Å²) in [7, 11) is 7.05. The largest absolute Gasteiger partial charge is 0.476 e. The van der Waals surface area contributed by atoms with Crippen molar-refractivity contribution in [2.24, 2.45) is 5.73 Å². The van der Waals surface area contributed by atoms with Crippen LogP contribution in [0.2, 0.25) is 0 Å². The quantitative estimate of drug-likeness (QED) is 0.185. The summed E-state index contributed by atoms with van der Waals surface area (Å²) < 4.78 is 7.25. The molecular formula is C34H46N7O2PS. The molecule has 1 spiro atoms. The van der Waals surface area contributed by atoms with Gasteiger partial charge in [-0.1, -0.05) is 22.6 Å². The number of hydrogen-bond donors (Lipinski definition) is 1. The maximum atomic E-state index is 14.4. The number of ether oxygens (including phenoxy) is 1. The molecule has 11 heteroatoms. The molecule has 240 valence electrons. The van der Waals surface area contributed by atoms with E-state index >= 15 is 0 Å². The predicted molar refractivity (Wildman–Crippen MR) is 184 cm³/mol. The highest BCUT2D eigenvalue weighted by Gasteiger charge is 2.50. The molecule has 9 nitrogen and oxygen atoms in total. The van der Waals surface area contributed by atoms with E-state index in [4.69, 9.17) is 20.4 Å². The molecule has 2 aliphatic heterocycles. The van der Waals surface area contributed by atoms with Crippen LogP contribution in [-0.2, 0) is 6.42 Å². The van der Waals surface area contributed by atoms with Crippen LogP contribution >= 0.6 is 20.6 Å². The van der Waals surface area contributed by atoms with E-state index in [1.807, 2.05) is 6.07 Å². The van der Waals surface area contributed by atoms with E-state index < -0.39 is 0 Å². The Kier molecular flexibility index (Phi) is 10.5. The molecule has 3 fully saturated rings. The fourth-order valence-corrected chi connectivity index (χ4v) is 8.92. The monoisotopic (exact) mass is 647 g/mol. The predicted octanol–water partition coefficient (Wildman–Crippen LogP) is 4.23. The Bertz CT molecular complexity index is 1510. The summed E-state index contributed by atoms with van der Waals surface area (Å²) in [5, 5.41) is 9.96. The van der Waals surface area contributed by atoms with E-state index in [2.05, 4.69) is 63.9 Å². The van der Waals surface area contributed by atoms with Gasteiger partial charge in [0.15, 0.2) is 0 Å². The highest BCUT2D eigenvalue weighted by atomic mass is 32.1. The van der Waals surface area contributed by atoms with Crippen LogP contribution in [0, 0.1) is 24.2 Å². The number of allylic oxidation sites excluding steroid dienone is 2. The maximum absolute atomic E-state index is 14.4. The van der Waals surface area contributed by atoms with Crippen LogP contribution in [-0.4, -0.2) is 84.0 Å². The van der Waals surface area contributed by atoms with Crippen molar-refractivity contribution in [3.8, 4) is 24.8 Å². The lowest BCUT2D eigenvalue weighted by Crippen LogP contribution is -2.53. The van der Waals surface area contributed by atoms with Gasteiger partial charge in [0.2, 0.25) is 17.5 Å². The summed E-state index contributed by atoms with van der Waals surface area (Å²) in [4.78, 5) is 32.3. The Labute approximate surface area is 274 Å². The van der Waals surface area contributed by atoms with Gasteiger partial charge in [0.05, 0.1) is 5.56 Å². The number of likely N-dealkylation sites (tertiary alicyclic amines) is 1. The molecule has 4 heterocycles. The SMILES string of the molecule is C#C.CCC/C(C(=O)c1nc(OC[C@@H]2CCCN2C)cc(N2CCN(C)C3(CC3)C2)n1)=C(/N)[C@H]1CCCc2sc(P)c(C#N)c21. The van der Waals surface area contributed by atoms with Crippen molar-refractivity contribution in [1.29, 1.82) is 5.26 Å². The highest BCUT2D eigenvalue weighted by Crippen LogP contribution is 2.44. The van der Waals surface area contributed by atoms with Gasteiger partial charge in [-0.05, 0) is 77.6 Å². The standard InChI is InChI=1S/C32H44N7O2PS.C2H2/c1-4-7-22(28(34)21-9-5-10-24-27(21)23(17-33)31(42)43-24)29(40)30-35-25(39-15-14-38(3)32(19-39)11-12-32)16-26(36-30)41-18-20-8-6-13-37(20)2;1-2/h16,20-21H,4-15,18-19,34,42H2,1-3H3;1-2H/b28-22-;/t20-,21-;/m0./s1. The van der Waals surface area contributed by atoms with Gasteiger partial charge >= 0.3 is 0 Å². The Hall–Kier alpha value is -3.01. The molecule has 1 unspecified atom stereocenters. The number of carbonyl (C=O) groups is 1.